The number of aromatic nitrogens is 1. The second-order valence-electron chi connectivity index (χ2n) is 6.07. The molecule has 1 saturated carbocycles. The Balaban J connectivity index is 2.06. The number of carbonyl (C=O) groups excluding carboxylic acids is 1. The zero-order valence-corrected chi connectivity index (χ0v) is 13.4. The van der Waals surface area contributed by atoms with Crippen LogP contribution in [0.2, 0.25) is 0 Å². The maximum atomic E-state index is 12.4. The molecule has 0 bridgehead atoms. The van der Waals surface area contributed by atoms with Gasteiger partial charge in [-0.05, 0) is 44.7 Å². The zero-order chi connectivity index (χ0) is 15.2. The first-order valence-corrected chi connectivity index (χ1v) is 8.18. The van der Waals surface area contributed by atoms with Gasteiger partial charge in [-0.25, -0.2) is 4.98 Å². The number of carbonyl (C=O) groups is 1. The van der Waals surface area contributed by atoms with Crippen molar-refractivity contribution in [2.45, 2.75) is 58.9 Å². The molecule has 1 aromatic heterocycles. The summed E-state index contributed by atoms with van der Waals surface area (Å²) >= 11 is 0. The van der Waals surface area contributed by atoms with Crippen molar-refractivity contribution in [2.75, 3.05) is 11.9 Å². The van der Waals surface area contributed by atoms with E-state index in [2.05, 4.69) is 29.5 Å². The van der Waals surface area contributed by atoms with Crippen molar-refractivity contribution in [1.29, 1.82) is 0 Å². The molecule has 1 aliphatic carbocycles. The SMILES string of the molecule is CCCc1cc(C(=O)NC(C)CC2CC2)cc(NCC)n1. The van der Waals surface area contributed by atoms with E-state index in [1.165, 1.54) is 12.8 Å². The number of pyridine rings is 1. The van der Waals surface area contributed by atoms with Crippen LogP contribution in [0.5, 0.6) is 0 Å². The van der Waals surface area contributed by atoms with Crippen molar-refractivity contribution in [1.82, 2.24) is 10.3 Å². The van der Waals surface area contributed by atoms with Crippen LogP contribution >= 0.6 is 0 Å². The lowest BCUT2D eigenvalue weighted by Crippen LogP contribution is -2.33. The molecule has 1 atom stereocenters. The van der Waals surface area contributed by atoms with Gasteiger partial charge in [0, 0.05) is 23.8 Å². The van der Waals surface area contributed by atoms with Gasteiger partial charge in [-0.15, -0.1) is 0 Å². The Hall–Kier alpha value is -1.58. The minimum Gasteiger partial charge on any atom is -0.370 e. The first-order chi connectivity index (χ1) is 10.1. The van der Waals surface area contributed by atoms with E-state index < -0.39 is 0 Å². The molecule has 1 amide bonds. The molecular weight excluding hydrogens is 262 g/mol. The molecule has 21 heavy (non-hydrogen) atoms. The van der Waals surface area contributed by atoms with Crippen LogP contribution in [0.15, 0.2) is 12.1 Å². The number of aryl methyl sites for hydroxylation is 1. The maximum absolute atomic E-state index is 12.4. The Morgan fingerprint density at radius 3 is 2.76 bits per heavy atom. The van der Waals surface area contributed by atoms with E-state index in [0.29, 0.717) is 5.56 Å². The number of amides is 1. The molecule has 1 heterocycles. The monoisotopic (exact) mass is 289 g/mol. The highest BCUT2D eigenvalue weighted by atomic mass is 16.1. The summed E-state index contributed by atoms with van der Waals surface area (Å²) in [5.74, 6) is 1.64. The van der Waals surface area contributed by atoms with Crippen LogP contribution in [0.1, 0.15) is 62.5 Å². The van der Waals surface area contributed by atoms with Gasteiger partial charge in [-0.2, -0.15) is 0 Å². The van der Waals surface area contributed by atoms with E-state index in [1.54, 1.807) is 0 Å². The molecule has 4 nitrogen and oxygen atoms in total. The fourth-order valence-electron chi connectivity index (χ4n) is 2.59. The first kappa shape index (κ1) is 15.8. The number of hydrogen-bond donors (Lipinski definition) is 2. The average Bonchev–Trinajstić information content (AvgIpc) is 3.23. The van der Waals surface area contributed by atoms with Gasteiger partial charge in [0.25, 0.3) is 5.91 Å². The summed E-state index contributed by atoms with van der Waals surface area (Å²) < 4.78 is 0. The molecule has 1 fully saturated rings. The van der Waals surface area contributed by atoms with Crippen LogP contribution in [0.3, 0.4) is 0 Å². The second-order valence-corrected chi connectivity index (χ2v) is 6.07. The molecule has 4 heteroatoms. The van der Waals surface area contributed by atoms with Gasteiger partial charge in [-0.3, -0.25) is 4.79 Å². The highest BCUT2D eigenvalue weighted by molar-refractivity contribution is 5.95. The lowest BCUT2D eigenvalue weighted by molar-refractivity contribution is 0.0937. The standard InChI is InChI=1S/C17H27N3O/c1-4-6-15-10-14(11-16(20-15)18-5-2)17(21)19-12(3)9-13-7-8-13/h10-13H,4-9H2,1-3H3,(H,18,20)(H,19,21). The van der Waals surface area contributed by atoms with Gasteiger partial charge in [0.1, 0.15) is 5.82 Å². The summed E-state index contributed by atoms with van der Waals surface area (Å²) in [5, 5.41) is 6.32. The normalized spacial score (nSPS) is 15.6. The third-order valence-corrected chi connectivity index (χ3v) is 3.77. The van der Waals surface area contributed by atoms with Crippen molar-refractivity contribution in [3.05, 3.63) is 23.4 Å². The summed E-state index contributed by atoms with van der Waals surface area (Å²) in [6.45, 7) is 7.06. The third-order valence-electron chi connectivity index (χ3n) is 3.77. The van der Waals surface area contributed by atoms with Gasteiger partial charge in [-0.1, -0.05) is 26.2 Å². The fourth-order valence-corrected chi connectivity index (χ4v) is 2.59. The van der Waals surface area contributed by atoms with Gasteiger partial charge >= 0.3 is 0 Å². The molecule has 0 saturated heterocycles. The maximum Gasteiger partial charge on any atom is 0.251 e. The minimum absolute atomic E-state index is 0.0158. The Morgan fingerprint density at radius 2 is 2.14 bits per heavy atom. The van der Waals surface area contributed by atoms with E-state index in [4.69, 9.17) is 0 Å². The summed E-state index contributed by atoms with van der Waals surface area (Å²) in [5.41, 5.74) is 1.70. The van der Waals surface area contributed by atoms with Crippen LogP contribution in [-0.4, -0.2) is 23.5 Å². The average molecular weight is 289 g/mol. The molecule has 1 aliphatic rings. The Kier molecular flexibility index (Phi) is 5.59. The Morgan fingerprint density at radius 1 is 1.38 bits per heavy atom. The van der Waals surface area contributed by atoms with Crippen molar-refractivity contribution < 1.29 is 4.79 Å². The highest BCUT2D eigenvalue weighted by Crippen LogP contribution is 2.33. The summed E-state index contributed by atoms with van der Waals surface area (Å²) in [6, 6.07) is 4.01. The molecule has 0 aromatic carbocycles. The fraction of sp³-hybridized carbons (Fsp3) is 0.647. The molecule has 1 aromatic rings. The molecule has 2 N–H and O–H groups in total. The van der Waals surface area contributed by atoms with Crippen LogP contribution in [0, 0.1) is 5.92 Å². The number of nitrogens with one attached hydrogen (secondary N) is 2. The number of hydrogen-bond acceptors (Lipinski definition) is 3. The molecule has 0 aliphatic heterocycles. The lowest BCUT2D eigenvalue weighted by atomic mass is 10.1. The largest absolute Gasteiger partial charge is 0.370 e. The Labute approximate surface area is 127 Å². The van der Waals surface area contributed by atoms with Gasteiger partial charge in [0.15, 0.2) is 0 Å². The minimum atomic E-state index is 0.0158. The van der Waals surface area contributed by atoms with Crippen LogP contribution in [-0.2, 0) is 6.42 Å². The molecule has 1 unspecified atom stereocenters. The third kappa shape index (κ3) is 5.03. The predicted molar refractivity (Wildman–Crippen MR) is 86.7 cm³/mol. The van der Waals surface area contributed by atoms with Gasteiger partial charge < -0.3 is 10.6 Å². The molecule has 0 radical (unpaired) electrons. The van der Waals surface area contributed by atoms with E-state index in [-0.39, 0.29) is 11.9 Å². The summed E-state index contributed by atoms with van der Waals surface area (Å²) in [7, 11) is 0. The number of nitrogens with zero attached hydrogens (tertiary/aromatic N) is 1. The molecular formula is C17H27N3O. The number of anilines is 1. The van der Waals surface area contributed by atoms with Crippen molar-refractivity contribution in [2.24, 2.45) is 5.92 Å². The first-order valence-electron chi connectivity index (χ1n) is 8.18. The van der Waals surface area contributed by atoms with E-state index in [9.17, 15) is 4.79 Å². The number of rotatable bonds is 8. The van der Waals surface area contributed by atoms with Crippen LogP contribution < -0.4 is 10.6 Å². The quantitative estimate of drug-likeness (QED) is 0.771. The second kappa shape index (κ2) is 7.43. The van der Waals surface area contributed by atoms with Gasteiger partial charge in [0.2, 0.25) is 0 Å². The molecule has 2 rings (SSSR count). The van der Waals surface area contributed by atoms with Crippen LogP contribution in [0.25, 0.3) is 0 Å². The smallest absolute Gasteiger partial charge is 0.251 e. The van der Waals surface area contributed by atoms with E-state index in [0.717, 1.165) is 43.2 Å². The summed E-state index contributed by atoms with van der Waals surface area (Å²) in [6.07, 6.45) is 5.67. The topological polar surface area (TPSA) is 54.0 Å². The summed E-state index contributed by atoms with van der Waals surface area (Å²) in [4.78, 5) is 16.9. The van der Waals surface area contributed by atoms with E-state index >= 15 is 0 Å². The van der Waals surface area contributed by atoms with Gasteiger partial charge in [0.05, 0.1) is 0 Å². The van der Waals surface area contributed by atoms with Crippen LogP contribution in [0.4, 0.5) is 5.82 Å². The molecule has 116 valence electrons. The predicted octanol–water partition coefficient (Wildman–Crippen LogP) is 3.38. The van der Waals surface area contributed by atoms with Crippen molar-refractivity contribution in [3.63, 3.8) is 0 Å². The lowest BCUT2D eigenvalue weighted by Gasteiger charge is -2.15. The molecule has 0 spiro atoms. The van der Waals surface area contributed by atoms with E-state index in [1.807, 2.05) is 19.1 Å². The van der Waals surface area contributed by atoms with Crippen molar-refractivity contribution in [3.8, 4) is 0 Å². The van der Waals surface area contributed by atoms with Crippen molar-refractivity contribution >= 4 is 11.7 Å². The highest BCUT2D eigenvalue weighted by Gasteiger charge is 2.24. The Bertz CT molecular complexity index is 459. The zero-order valence-electron chi connectivity index (χ0n) is 13.4.